The molecule has 0 bridgehead atoms. The number of amides is 2. The zero-order valence-corrected chi connectivity index (χ0v) is 20.3. The number of methoxy groups -OCH3 is 2. The molecule has 2 aromatic carbocycles. The van der Waals surface area contributed by atoms with E-state index in [1.54, 1.807) is 30.3 Å². The van der Waals surface area contributed by atoms with E-state index in [4.69, 9.17) is 30.5 Å². The van der Waals surface area contributed by atoms with Crippen molar-refractivity contribution in [3.8, 4) is 23.0 Å². The minimum Gasteiger partial charge on any atom is -0.495 e. The molecular weight excluding hydrogens is 468 g/mol. The zero-order valence-electron chi connectivity index (χ0n) is 18.8. The van der Waals surface area contributed by atoms with Crippen LogP contribution in [0.4, 0.5) is 10.5 Å². The van der Waals surface area contributed by atoms with E-state index in [1.807, 2.05) is 19.9 Å². The molecule has 33 heavy (non-hydrogen) atoms. The summed E-state index contributed by atoms with van der Waals surface area (Å²) < 4.78 is 21.7. The van der Waals surface area contributed by atoms with Gasteiger partial charge >= 0.3 is 0 Å². The second-order valence-electron chi connectivity index (χ2n) is 6.70. The van der Waals surface area contributed by atoms with Crippen molar-refractivity contribution in [1.29, 1.82) is 0 Å². The van der Waals surface area contributed by atoms with Gasteiger partial charge in [-0.2, -0.15) is 0 Å². The fraction of sp³-hybridized carbons (Fsp3) is 0.304. The van der Waals surface area contributed by atoms with E-state index in [2.05, 4.69) is 5.32 Å². The Kier molecular flexibility index (Phi) is 8.35. The highest BCUT2D eigenvalue weighted by atomic mass is 35.5. The van der Waals surface area contributed by atoms with E-state index in [-0.39, 0.29) is 11.9 Å². The summed E-state index contributed by atoms with van der Waals surface area (Å²) >= 11 is 7.06. The number of carbonyl (C=O) groups excluding carboxylic acids is 2. The average Bonchev–Trinajstić information content (AvgIpc) is 3.06. The van der Waals surface area contributed by atoms with Gasteiger partial charge in [0.15, 0.2) is 11.5 Å². The monoisotopic (exact) mass is 492 g/mol. The zero-order chi connectivity index (χ0) is 24.0. The summed E-state index contributed by atoms with van der Waals surface area (Å²) in [4.78, 5) is 26.8. The first-order chi connectivity index (χ1) is 15.9. The molecule has 1 aliphatic rings. The Hall–Kier alpha value is -3.04. The number of hydrogen-bond acceptors (Lipinski definition) is 8. The van der Waals surface area contributed by atoms with Crippen LogP contribution in [-0.4, -0.2) is 50.1 Å². The lowest BCUT2D eigenvalue weighted by Gasteiger charge is -2.17. The Morgan fingerprint density at radius 3 is 2.33 bits per heavy atom. The SMILES string of the molecule is CCOc1ccc(C=C2SC(=O)N(CNc3cc(Cl)c(OC)cc3OC)C2=O)cc1OCC. The summed E-state index contributed by atoms with van der Waals surface area (Å²) in [5, 5.41) is 3.02. The molecule has 1 fully saturated rings. The van der Waals surface area contributed by atoms with Crippen molar-refractivity contribution in [3.63, 3.8) is 0 Å². The Morgan fingerprint density at radius 1 is 0.970 bits per heavy atom. The van der Waals surface area contributed by atoms with Crippen LogP contribution in [0.25, 0.3) is 6.08 Å². The van der Waals surface area contributed by atoms with Gasteiger partial charge in [0, 0.05) is 6.07 Å². The van der Waals surface area contributed by atoms with E-state index < -0.39 is 5.91 Å². The highest BCUT2D eigenvalue weighted by Crippen LogP contribution is 2.37. The standard InChI is InChI=1S/C23H25ClN2O6S/c1-5-31-17-8-7-14(9-20(17)32-6-2)10-21-22(27)26(23(28)33-21)13-25-16-11-15(24)18(29-3)12-19(16)30-4/h7-12,25H,5-6,13H2,1-4H3. The van der Waals surface area contributed by atoms with Crippen LogP contribution >= 0.6 is 23.4 Å². The van der Waals surface area contributed by atoms with Gasteiger partial charge in [0.1, 0.15) is 11.5 Å². The van der Waals surface area contributed by atoms with Crippen molar-refractivity contribution >= 4 is 46.3 Å². The number of anilines is 1. The molecule has 2 aromatic rings. The number of carbonyl (C=O) groups is 2. The van der Waals surface area contributed by atoms with Crippen LogP contribution in [0.5, 0.6) is 23.0 Å². The number of thioether (sulfide) groups is 1. The summed E-state index contributed by atoms with van der Waals surface area (Å²) in [6.07, 6.45) is 1.66. The molecular formula is C23H25ClN2O6S. The van der Waals surface area contributed by atoms with Crippen LogP contribution in [0.1, 0.15) is 19.4 Å². The molecule has 0 aromatic heterocycles. The Labute approximate surface area is 201 Å². The van der Waals surface area contributed by atoms with Gasteiger partial charge in [-0.3, -0.25) is 14.5 Å². The summed E-state index contributed by atoms with van der Waals surface area (Å²) in [6, 6.07) is 8.62. The van der Waals surface area contributed by atoms with Crippen molar-refractivity contribution in [2.75, 3.05) is 39.4 Å². The van der Waals surface area contributed by atoms with Crippen molar-refractivity contribution < 1.29 is 28.5 Å². The fourth-order valence-corrected chi connectivity index (χ4v) is 4.19. The summed E-state index contributed by atoms with van der Waals surface area (Å²) in [7, 11) is 3.01. The first kappa shape index (κ1) is 24.6. The van der Waals surface area contributed by atoms with Crippen molar-refractivity contribution in [2.24, 2.45) is 0 Å². The van der Waals surface area contributed by atoms with Gasteiger partial charge in [0.2, 0.25) is 0 Å². The molecule has 1 N–H and O–H groups in total. The maximum atomic E-state index is 12.9. The lowest BCUT2D eigenvalue weighted by atomic mass is 10.2. The molecule has 1 saturated heterocycles. The Bertz CT molecular complexity index is 1080. The topological polar surface area (TPSA) is 86.3 Å². The Morgan fingerprint density at radius 2 is 1.67 bits per heavy atom. The lowest BCUT2D eigenvalue weighted by Crippen LogP contribution is -2.33. The van der Waals surface area contributed by atoms with Gasteiger partial charge in [-0.05, 0) is 55.4 Å². The van der Waals surface area contributed by atoms with Gasteiger partial charge in [-0.1, -0.05) is 17.7 Å². The smallest absolute Gasteiger partial charge is 0.295 e. The molecule has 0 saturated carbocycles. The van der Waals surface area contributed by atoms with Crippen molar-refractivity contribution in [1.82, 2.24) is 4.90 Å². The molecule has 0 spiro atoms. The van der Waals surface area contributed by atoms with Gasteiger partial charge in [0.25, 0.3) is 11.1 Å². The minimum absolute atomic E-state index is 0.0471. The third kappa shape index (κ3) is 5.66. The first-order valence-electron chi connectivity index (χ1n) is 10.2. The molecule has 2 amide bonds. The van der Waals surface area contributed by atoms with Crippen LogP contribution in [0.3, 0.4) is 0 Å². The lowest BCUT2D eigenvalue weighted by molar-refractivity contribution is -0.122. The number of rotatable bonds is 10. The third-order valence-electron chi connectivity index (χ3n) is 4.64. The normalized spacial score (nSPS) is 14.6. The predicted molar refractivity (Wildman–Crippen MR) is 130 cm³/mol. The van der Waals surface area contributed by atoms with Gasteiger partial charge in [0.05, 0.1) is 49.7 Å². The summed E-state index contributed by atoms with van der Waals surface area (Å²) in [6.45, 7) is 4.71. The molecule has 0 unspecified atom stereocenters. The number of nitrogens with one attached hydrogen (secondary N) is 1. The number of nitrogens with zero attached hydrogens (tertiary/aromatic N) is 1. The maximum absolute atomic E-state index is 12.9. The van der Waals surface area contributed by atoms with Crippen LogP contribution in [0.15, 0.2) is 35.2 Å². The number of imide groups is 1. The van der Waals surface area contributed by atoms with Crippen LogP contribution in [0.2, 0.25) is 5.02 Å². The molecule has 0 atom stereocenters. The van der Waals surface area contributed by atoms with Crippen molar-refractivity contribution in [3.05, 3.63) is 45.8 Å². The molecule has 176 valence electrons. The quantitative estimate of drug-likeness (QED) is 0.449. The van der Waals surface area contributed by atoms with Crippen molar-refractivity contribution in [2.45, 2.75) is 13.8 Å². The van der Waals surface area contributed by atoms with Gasteiger partial charge in [-0.15, -0.1) is 0 Å². The van der Waals surface area contributed by atoms with Gasteiger partial charge in [-0.25, -0.2) is 0 Å². The van der Waals surface area contributed by atoms with E-state index in [1.165, 1.54) is 14.2 Å². The molecule has 0 radical (unpaired) electrons. The van der Waals surface area contributed by atoms with Gasteiger partial charge < -0.3 is 24.3 Å². The van der Waals surface area contributed by atoms with E-state index in [0.717, 1.165) is 22.2 Å². The van der Waals surface area contributed by atoms with E-state index in [0.29, 0.717) is 51.8 Å². The highest BCUT2D eigenvalue weighted by Gasteiger charge is 2.35. The number of hydrogen-bond donors (Lipinski definition) is 1. The number of ether oxygens (including phenoxy) is 4. The Balaban J connectivity index is 1.77. The molecule has 3 rings (SSSR count). The fourth-order valence-electron chi connectivity index (χ4n) is 3.11. The second-order valence-corrected chi connectivity index (χ2v) is 8.10. The molecule has 1 aliphatic heterocycles. The number of halogens is 1. The van der Waals surface area contributed by atoms with E-state index >= 15 is 0 Å². The predicted octanol–water partition coefficient (Wildman–Crippen LogP) is 5.26. The molecule has 10 heteroatoms. The largest absolute Gasteiger partial charge is 0.495 e. The minimum atomic E-state index is -0.400. The third-order valence-corrected chi connectivity index (χ3v) is 5.84. The first-order valence-corrected chi connectivity index (χ1v) is 11.4. The van der Waals surface area contributed by atoms with Crippen LogP contribution in [-0.2, 0) is 4.79 Å². The maximum Gasteiger partial charge on any atom is 0.295 e. The highest BCUT2D eigenvalue weighted by molar-refractivity contribution is 8.18. The summed E-state index contributed by atoms with van der Waals surface area (Å²) in [5.74, 6) is 1.73. The average molecular weight is 493 g/mol. The van der Waals surface area contributed by atoms with Crippen LogP contribution in [0, 0.1) is 0 Å². The van der Waals surface area contributed by atoms with Crippen LogP contribution < -0.4 is 24.3 Å². The molecule has 8 nitrogen and oxygen atoms in total. The second kappa shape index (κ2) is 11.2. The van der Waals surface area contributed by atoms with E-state index in [9.17, 15) is 9.59 Å². The number of benzene rings is 2. The molecule has 0 aliphatic carbocycles. The molecule has 1 heterocycles. The summed E-state index contributed by atoms with van der Waals surface area (Å²) in [5.41, 5.74) is 1.25.